The SMILES string of the molecule is Cn1cc(-c2ccc(C(C)(C)C)nc2)cn1. The van der Waals surface area contributed by atoms with Crippen LogP contribution in [0.2, 0.25) is 0 Å². The van der Waals surface area contributed by atoms with Gasteiger partial charge in [0.15, 0.2) is 0 Å². The van der Waals surface area contributed by atoms with E-state index in [9.17, 15) is 0 Å². The first-order valence-corrected chi connectivity index (χ1v) is 5.42. The van der Waals surface area contributed by atoms with Crippen LogP contribution in [0.1, 0.15) is 26.5 Å². The van der Waals surface area contributed by atoms with Crippen LogP contribution in [0.15, 0.2) is 30.7 Å². The minimum absolute atomic E-state index is 0.105. The molecule has 0 spiro atoms. The van der Waals surface area contributed by atoms with Gasteiger partial charge in [0.2, 0.25) is 0 Å². The third-order valence-corrected chi connectivity index (χ3v) is 2.57. The van der Waals surface area contributed by atoms with Gasteiger partial charge in [-0.3, -0.25) is 9.67 Å². The van der Waals surface area contributed by atoms with Crippen LogP contribution >= 0.6 is 0 Å². The van der Waals surface area contributed by atoms with Crippen LogP contribution in [0, 0.1) is 0 Å². The molecule has 2 heterocycles. The van der Waals surface area contributed by atoms with E-state index in [1.54, 1.807) is 4.68 Å². The van der Waals surface area contributed by atoms with Crippen molar-refractivity contribution in [3.05, 3.63) is 36.4 Å². The molecule has 16 heavy (non-hydrogen) atoms. The first kappa shape index (κ1) is 10.9. The van der Waals surface area contributed by atoms with E-state index in [1.807, 2.05) is 25.6 Å². The summed E-state index contributed by atoms with van der Waals surface area (Å²) in [5.74, 6) is 0. The molecule has 2 aromatic heterocycles. The lowest BCUT2D eigenvalue weighted by atomic mass is 9.91. The maximum absolute atomic E-state index is 4.50. The summed E-state index contributed by atoms with van der Waals surface area (Å²) in [7, 11) is 1.92. The maximum atomic E-state index is 4.50. The van der Waals surface area contributed by atoms with Gasteiger partial charge in [-0.25, -0.2) is 0 Å². The highest BCUT2D eigenvalue weighted by Gasteiger charge is 2.14. The molecule has 0 aliphatic rings. The number of hydrogen-bond acceptors (Lipinski definition) is 2. The minimum atomic E-state index is 0.105. The second-order valence-corrected chi connectivity index (χ2v) is 5.08. The third kappa shape index (κ3) is 2.13. The predicted molar refractivity (Wildman–Crippen MR) is 65.1 cm³/mol. The largest absolute Gasteiger partial charge is 0.275 e. The van der Waals surface area contributed by atoms with Crippen LogP contribution in [-0.2, 0) is 12.5 Å². The van der Waals surface area contributed by atoms with Crippen LogP contribution < -0.4 is 0 Å². The van der Waals surface area contributed by atoms with Crippen molar-refractivity contribution in [1.82, 2.24) is 14.8 Å². The van der Waals surface area contributed by atoms with Crippen LogP contribution in [0.4, 0.5) is 0 Å². The van der Waals surface area contributed by atoms with Crippen LogP contribution in [0.25, 0.3) is 11.1 Å². The first-order valence-electron chi connectivity index (χ1n) is 5.42. The molecule has 0 saturated carbocycles. The molecule has 0 aromatic carbocycles. The molecule has 3 nitrogen and oxygen atoms in total. The Kier molecular flexibility index (Phi) is 2.54. The van der Waals surface area contributed by atoms with Crippen molar-refractivity contribution in [3.63, 3.8) is 0 Å². The number of aromatic nitrogens is 3. The van der Waals surface area contributed by atoms with Gasteiger partial charge >= 0.3 is 0 Å². The summed E-state index contributed by atoms with van der Waals surface area (Å²) in [6.07, 6.45) is 5.76. The van der Waals surface area contributed by atoms with E-state index < -0.39 is 0 Å². The van der Waals surface area contributed by atoms with E-state index in [0.717, 1.165) is 16.8 Å². The van der Waals surface area contributed by atoms with Crippen molar-refractivity contribution in [1.29, 1.82) is 0 Å². The molecule has 0 N–H and O–H groups in total. The lowest BCUT2D eigenvalue weighted by Gasteiger charge is -2.17. The van der Waals surface area contributed by atoms with Gasteiger partial charge in [0.25, 0.3) is 0 Å². The summed E-state index contributed by atoms with van der Waals surface area (Å²) in [6.45, 7) is 6.50. The molecular weight excluding hydrogens is 198 g/mol. The second-order valence-electron chi connectivity index (χ2n) is 5.08. The zero-order chi connectivity index (χ0) is 11.8. The Balaban J connectivity index is 2.33. The van der Waals surface area contributed by atoms with Crippen molar-refractivity contribution in [2.75, 3.05) is 0 Å². The van der Waals surface area contributed by atoms with E-state index >= 15 is 0 Å². The summed E-state index contributed by atoms with van der Waals surface area (Å²) < 4.78 is 1.80. The molecule has 84 valence electrons. The van der Waals surface area contributed by atoms with Gasteiger partial charge in [-0.1, -0.05) is 26.8 Å². The van der Waals surface area contributed by atoms with Gasteiger partial charge in [0.1, 0.15) is 0 Å². The molecule has 0 atom stereocenters. The molecule has 0 radical (unpaired) electrons. The van der Waals surface area contributed by atoms with Crippen LogP contribution in [0.5, 0.6) is 0 Å². The zero-order valence-corrected chi connectivity index (χ0v) is 10.2. The Bertz CT molecular complexity index is 475. The molecular formula is C13H17N3. The van der Waals surface area contributed by atoms with E-state index in [1.165, 1.54) is 0 Å². The van der Waals surface area contributed by atoms with Crippen LogP contribution in [-0.4, -0.2) is 14.8 Å². The van der Waals surface area contributed by atoms with Gasteiger partial charge in [-0.15, -0.1) is 0 Å². The number of pyridine rings is 1. The number of nitrogens with zero attached hydrogens (tertiary/aromatic N) is 3. The number of hydrogen-bond donors (Lipinski definition) is 0. The number of rotatable bonds is 1. The van der Waals surface area contributed by atoms with E-state index in [2.05, 4.69) is 43.0 Å². The fourth-order valence-electron chi connectivity index (χ4n) is 1.58. The van der Waals surface area contributed by atoms with Crippen molar-refractivity contribution in [2.45, 2.75) is 26.2 Å². The Morgan fingerprint density at radius 1 is 1.06 bits per heavy atom. The molecule has 0 bridgehead atoms. The summed E-state index contributed by atoms with van der Waals surface area (Å²) in [4.78, 5) is 4.50. The van der Waals surface area contributed by atoms with Crippen molar-refractivity contribution >= 4 is 0 Å². The third-order valence-electron chi connectivity index (χ3n) is 2.57. The molecule has 0 aliphatic heterocycles. The van der Waals surface area contributed by atoms with Crippen molar-refractivity contribution in [2.24, 2.45) is 7.05 Å². The minimum Gasteiger partial charge on any atom is -0.275 e. The molecule has 2 aromatic rings. The Labute approximate surface area is 96.1 Å². The molecule has 0 saturated heterocycles. The standard InChI is InChI=1S/C13H17N3/c1-13(2,3)12-6-5-10(7-14-12)11-8-15-16(4)9-11/h5-9H,1-4H3. The van der Waals surface area contributed by atoms with Gasteiger partial charge < -0.3 is 0 Å². The van der Waals surface area contributed by atoms with Crippen LogP contribution in [0.3, 0.4) is 0 Å². The fourth-order valence-corrected chi connectivity index (χ4v) is 1.58. The maximum Gasteiger partial charge on any atom is 0.0568 e. The summed E-state index contributed by atoms with van der Waals surface area (Å²) in [6, 6.07) is 4.19. The van der Waals surface area contributed by atoms with E-state index in [-0.39, 0.29) is 5.41 Å². The van der Waals surface area contributed by atoms with Crippen molar-refractivity contribution < 1.29 is 0 Å². The van der Waals surface area contributed by atoms with Gasteiger partial charge in [0.05, 0.1) is 6.20 Å². The predicted octanol–water partition coefficient (Wildman–Crippen LogP) is 2.78. The highest BCUT2D eigenvalue weighted by molar-refractivity contribution is 5.60. The molecule has 0 aliphatic carbocycles. The Hall–Kier alpha value is -1.64. The summed E-state index contributed by atoms with van der Waals surface area (Å²) >= 11 is 0. The van der Waals surface area contributed by atoms with Gasteiger partial charge in [0, 0.05) is 41.7 Å². The molecule has 0 fully saturated rings. The van der Waals surface area contributed by atoms with Gasteiger partial charge in [-0.05, 0) is 6.07 Å². The zero-order valence-electron chi connectivity index (χ0n) is 10.2. The van der Waals surface area contributed by atoms with E-state index in [4.69, 9.17) is 0 Å². The summed E-state index contributed by atoms with van der Waals surface area (Å²) in [5.41, 5.74) is 3.43. The average Bonchev–Trinajstić information content (AvgIpc) is 2.64. The summed E-state index contributed by atoms with van der Waals surface area (Å²) in [5, 5.41) is 4.15. The molecule has 0 amide bonds. The van der Waals surface area contributed by atoms with Crippen molar-refractivity contribution in [3.8, 4) is 11.1 Å². The fraction of sp³-hybridized carbons (Fsp3) is 0.385. The lowest BCUT2D eigenvalue weighted by molar-refractivity contribution is 0.569. The highest BCUT2D eigenvalue weighted by atomic mass is 15.2. The molecule has 3 heteroatoms. The Morgan fingerprint density at radius 2 is 1.81 bits per heavy atom. The molecule has 2 rings (SSSR count). The average molecular weight is 215 g/mol. The van der Waals surface area contributed by atoms with E-state index in [0.29, 0.717) is 0 Å². The lowest BCUT2D eigenvalue weighted by Crippen LogP contribution is -2.12. The first-order chi connectivity index (χ1) is 7.47. The number of aryl methyl sites for hydroxylation is 1. The quantitative estimate of drug-likeness (QED) is 0.732. The highest BCUT2D eigenvalue weighted by Crippen LogP contribution is 2.23. The Morgan fingerprint density at radius 3 is 2.25 bits per heavy atom. The van der Waals surface area contributed by atoms with Gasteiger partial charge in [-0.2, -0.15) is 5.10 Å². The normalized spacial score (nSPS) is 11.8. The molecule has 0 unspecified atom stereocenters. The topological polar surface area (TPSA) is 30.7 Å². The second kappa shape index (κ2) is 3.74. The smallest absolute Gasteiger partial charge is 0.0568 e. The monoisotopic (exact) mass is 215 g/mol.